The Morgan fingerprint density at radius 1 is 1.02 bits per heavy atom. The molecule has 0 spiro atoms. The molecule has 0 saturated heterocycles. The number of carbonyl (C=O) groups excluding carboxylic acids is 2. The molecule has 2 aromatic carbocycles. The first-order chi connectivity index (χ1) is 19.8. The molecule has 0 fully saturated rings. The van der Waals surface area contributed by atoms with Gasteiger partial charge in [0.05, 0.1) is 24.7 Å². The number of aryl methyl sites for hydroxylation is 2. The molecule has 4 rings (SSSR count). The minimum Gasteiger partial charge on any atom is -0.482 e. The van der Waals surface area contributed by atoms with Crippen LogP contribution < -0.4 is 10.5 Å². The maximum absolute atomic E-state index is 13.2. The summed E-state index contributed by atoms with van der Waals surface area (Å²) in [5.41, 5.74) is 9.93. The van der Waals surface area contributed by atoms with E-state index in [1.807, 2.05) is 54.2 Å². The van der Waals surface area contributed by atoms with Crippen molar-refractivity contribution in [1.82, 2.24) is 24.3 Å². The van der Waals surface area contributed by atoms with E-state index in [2.05, 4.69) is 27.3 Å². The molecule has 0 aliphatic rings. The second kappa shape index (κ2) is 13.9. The lowest BCUT2D eigenvalue weighted by Crippen LogP contribution is -2.38. The van der Waals surface area contributed by atoms with Crippen molar-refractivity contribution in [2.75, 3.05) is 46.6 Å². The van der Waals surface area contributed by atoms with Gasteiger partial charge in [-0.15, -0.1) is 0 Å². The number of hydrogen-bond donors (Lipinski definition) is 1. The Bertz CT molecular complexity index is 1480. The number of unbranched alkanes of at least 4 members (excludes halogenated alkanes) is 1. The summed E-state index contributed by atoms with van der Waals surface area (Å²) in [6, 6.07) is 15.4. The van der Waals surface area contributed by atoms with Gasteiger partial charge in [0.25, 0.3) is 0 Å². The Morgan fingerprint density at radius 3 is 2.49 bits per heavy atom. The number of pyridine rings is 1. The van der Waals surface area contributed by atoms with Crippen LogP contribution in [0, 0.1) is 0 Å². The molecule has 0 bridgehead atoms. The number of hydrogen-bond acceptors (Lipinski definition) is 8. The average Bonchev–Trinajstić information content (AvgIpc) is 3.33. The van der Waals surface area contributed by atoms with Gasteiger partial charge in [-0.05, 0) is 50.7 Å². The number of carbonyl (C=O) groups is 2. The highest BCUT2D eigenvalue weighted by Gasteiger charge is 2.19. The lowest BCUT2D eigenvalue weighted by Gasteiger charge is -2.25. The Hall–Kier alpha value is -4.18. The lowest BCUT2D eigenvalue weighted by molar-refractivity contribution is -0.143. The van der Waals surface area contributed by atoms with Crippen molar-refractivity contribution in [2.24, 2.45) is 0 Å². The zero-order valence-corrected chi connectivity index (χ0v) is 24.4. The number of benzene rings is 2. The third-order valence-corrected chi connectivity index (χ3v) is 6.94. The van der Waals surface area contributed by atoms with Crippen LogP contribution in [0.2, 0.25) is 0 Å². The van der Waals surface area contributed by atoms with Crippen LogP contribution in [-0.2, 0) is 33.8 Å². The number of rotatable bonds is 14. The second-order valence-electron chi connectivity index (χ2n) is 10.4. The van der Waals surface area contributed by atoms with Gasteiger partial charge in [0.15, 0.2) is 12.4 Å². The molecule has 10 nitrogen and oxygen atoms in total. The van der Waals surface area contributed by atoms with Crippen LogP contribution in [0.4, 0.5) is 5.82 Å². The summed E-state index contributed by atoms with van der Waals surface area (Å²) in [5.74, 6) is 1.63. The molecule has 0 saturated carbocycles. The van der Waals surface area contributed by atoms with Gasteiger partial charge in [0.2, 0.25) is 5.91 Å². The number of ether oxygens (including phenoxy) is 2. The Morgan fingerprint density at radius 2 is 1.78 bits per heavy atom. The summed E-state index contributed by atoms with van der Waals surface area (Å²) in [5, 5.41) is 1.03. The predicted molar refractivity (Wildman–Crippen MR) is 161 cm³/mol. The fourth-order valence-electron chi connectivity index (χ4n) is 4.87. The van der Waals surface area contributed by atoms with Gasteiger partial charge in [0.1, 0.15) is 17.1 Å². The van der Waals surface area contributed by atoms with Crippen molar-refractivity contribution < 1.29 is 19.1 Å². The van der Waals surface area contributed by atoms with Crippen molar-refractivity contribution in [3.8, 4) is 5.75 Å². The molecule has 1 amide bonds. The third kappa shape index (κ3) is 7.52. The van der Waals surface area contributed by atoms with Crippen molar-refractivity contribution in [1.29, 1.82) is 0 Å². The van der Waals surface area contributed by atoms with E-state index in [9.17, 15) is 9.59 Å². The van der Waals surface area contributed by atoms with Gasteiger partial charge in [-0.25, -0.2) is 14.8 Å². The smallest absolute Gasteiger partial charge is 0.343 e. The van der Waals surface area contributed by atoms with Crippen LogP contribution in [-0.4, -0.2) is 77.1 Å². The van der Waals surface area contributed by atoms with Crippen LogP contribution in [0.15, 0.2) is 48.5 Å². The van der Waals surface area contributed by atoms with Gasteiger partial charge in [-0.2, -0.15) is 0 Å². The number of imidazole rings is 1. The molecule has 0 unspecified atom stereocenters. The molecular weight excluding hydrogens is 520 g/mol. The highest BCUT2D eigenvalue weighted by Crippen LogP contribution is 2.29. The van der Waals surface area contributed by atoms with Gasteiger partial charge in [0, 0.05) is 31.4 Å². The highest BCUT2D eigenvalue weighted by molar-refractivity contribution is 6.06. The molecule has 2 aromatic heterocycles. The van der Waals surface area contributed by atoms with E-state index < -0.39 is 5.97 Å². The number of fused-ring (bicyclic) bond motifs is 3. The largest absolute Gasteiger partial charge is 0.482 e. The number of para-hydroxylation sites is 1. The molecule has 0 atom stereocenters. The van der Waals surface area contributed by atoms with Crippen LogP contribution in [0.1, 0.15) is 37.6 Å². The number of likely N-dealkylation sites (N-methyl/N-ethyl adjacent to an activating group) is 1. The molecule has 4 aromatic rings. The molecule has 2 N–H and O–H groups in total. The average molecular weight is 561 g/mol. The SMILES string of the molecule is CCCCc1nc2c(N)nc3ccccc3c2n1CCCN(Cc1ccc(OCC(=O)OC)cc1)C(=O)CN(C)C. The normalized spacial score (nSPS) is 11.3. The molecule has 218 valence electrons. The summed E-state index contributed by atoms with van der Waals surface area (Å²) >= 11 is 0. The number of nitrogens with zero attached hydrogens (tertiary/aromatic N) is 5. The maximum Gasteiger partial charge on any atom is 0.343 e. The quantitative estimate of drug-likeness (QED) is 0.230. The van der Waals surface area contributed by atoms with E-state index in [0.29, 0.717) is 37.7 Å². The first kappa shape index (κ1) is 29.8. The zero-order chi connectivity index (χ0) is 29.4. The number of amides is 1. The van der Waals surface area contributed by atoms with E-state index in [0.717, 1.165) is 59.0 Å². The van der Waals surface area contributed by atoms with Crippen molar-refractivity contribution in [3.63, 3.8) is 0 Å². The monoisotopic (exact) mass is 560 g/mol. The first-order valence-corrected chi connectivity index (χ1v) is 14.0. The lowest BCUT2D eigenvalue weighted by atomic mass is 10.1. The number of nitrogens with two attached hydrogens (primary N) is 1. The fraction of sp³-hybridized carbons (Fsp3) is 0.419. The van der Waals surface area contributed by atoms with Gasteiger partial charge < -0.3 is 29.6 Å². The molecule has 0 radical (unpaired) electrons. The third-order valence-electron chi connectivity index (χ3n) is 6.94. The van der Waals surface area contributed by atoms with Gasteiger partial charge in [-0.3, -0.25) is 4.79 Å². The van der Waals surface area contributed by atoms with Gasteiger partial charge in [-0.1, -0.05) is 43.7 Å². The first-order valence-electron chi connectivity index (χ1n) is 14.0. The van der Waals surface area contributed by atoms with Crippen molar-refractivity contribution in [2.45, 2.75) is 45.7 Å². The summed E-state index contributed by atoms with van der Waals surface area (Å²) in [7, 11) is 5.11. The number of nitrogen functional groups attached to an aromatic ring is 1. The predicted octanol–water partition coefficient (Wildman–Crippen LogP) is 4.04. The Labute approximate surface area is 241 Å². The number of methoxy groups -OCH3 is 1. The van der Waals surface area contributed by atoms with E-state index in [1.54, 1.807) is 12.1 Å². The summed E-state index contributed by atoms with van der Waals surface area (Å²) < 4.78 is 12.3. The van der Waals surface area contributed by atoms with E-state index in [4.69, 9.17) is 15.5 Å². The molecule has 10 heteroatoms. The summed E-state index contributed by atoms with van der Waals surface area (Å²) in [6.45, 7) is 4.10. The van der Waals surface area contributed by atoms with Crippen molar-refractivity contribution >= 4 is 39.6 Å². The van der Waals surface area contributed by atoms with Crippen LogP contribution in [0.5, 0.6) is 5.75 Å². The molecule has 2 heterocycles. The van der Waals surface area contributed by atoms with E-state index in [-0.39, 0.29) is 12.5 Å². The maximum atomic E-state index is 13.2. The van der Waals surface area contributed by atoms with Crippen LogP contribution in [0.3, 0.4) is 0 Å². The minimum absolute atomic E-state index is 0.0570. The molecule has 0 aliphatic heterocycles. The highest BCUT2D eigenvalue weighted by atomic mass is 16.6. The fourth-order valence-corrected chi connectivity index (χ4v) is 4.87. The van der Waals surface area contributed by atoms with Gasteiger partial charge >= 0.3 is 5.97 Å². The minimum atomic E-state index is -0.440. The van der Waals surface area contributed by atoms with Crippen LogP contribution in [0.25, 0.3) is 21.9 Å². The molecule has 0 aliphatic carbocycles. The number of aromatic nitrogens is 3. The van der Waals surface area contributed by atoms with E-state index >= 15 is 0 Å². The summed E-state index contributed by atoms with van der Waals surface area (Å²) in [4.78, 5) is 37.9. The Kier molecular flexibility index (Phi) is 10.1. The molecular formula is C31H40N6O4. The Balaban J connectivity index is 1.54. The topological polar surface area (TPSA) is 116 Å². The standard InChI is InChI=1S/C31H40N6O4/c1-5-6-12-26-34-29-30(24-10-7-8-11-25(24)33-31(29)32)37(26)18-9-17-36(27(38)20-35(2)3)19-22-13-15-23(16-14-22)41-21-28(39)40-4/h7-8,10-11,13-16H,5-6,9,12,17-21H2,1-4H3,(H2,32,33). The van der Waals surface area contributed by atoms with Crippen molar-refractivity contribution in [3.05, 3.63) is 59.9 Å². The summed E-state index contributed by atoms with van der Waals surface area (Å²) in [6.07, 6.45) is 3.70. The number of esters is 1. The number of anilines is 1. The second-order valence-corrected chi connectivity index (χ2v) is 10.4. The zero-order valence-electron chi connectivity index (χ0n) is 24.4. The van der Waals surface area contributed by atoms with Crippen LogP contribution >= 0.6 is 0 Å². The van der Waals surface area contributed by atoms with E-state index in [1.165, 1.54) is 7.11 Å². The molecule has 41 heavy (non-hydrogen) atoms.